The van der Waals surface area contributed by atoms with Crippen molar-refractivity contribution in [2.24, 2.45) is 5.92 Å². The quantitative estimate of drug-likeness (QED) is 0.210. The van der Waals surface area contributed by atoms with E-state index in [1.165, 1.54) is 11.3 Å². The van der Waals surface area contributed by atoms with Gasteiger partial charge in [0.25, 0.3) is 0 Å². The van der Waals surface area contributed by atoms with E-state index in [1.54, 1.807) is 46.9 Å². The molecule has 1 aromatic carbocycles. The zero-order valence-corrected chi connectivity index (χ0v) is 27.5. The van der Waals surface area contributed by atoms with Gasteiger partial charge < -0.3 is 25.2 Å². The fourth-order valence-electron chi connectivity index (χ4n) is 4.43. The van der Waals surface area contributed by atoms with Gasteiger partial charge in [-0.3, -0.25) is 9.78 Å². The van der Waals surface area contributed by atoms with Gasteiger partial charge in [0, 0.05) is 44.2 Å². The van der Waals surface area contributed by atoms with Gasteiger partial charge in [-0.15, -0.1) is 22.7 Å². The van der Waals surface area contributed by atoms with E-state index in [2.05, 4.69) is 34.4 Å². The maximum atomic E-state index is 13.1. The first-order valence-corrected chi connectivity index (χ1v) is 16.4. The summed E-state index contributed by atoms with van der Waals surface area (Å²) in [6.45, 7) is 8.95. The fourth-order valence-corrected chi connectivity index (χ4v) is 5.76. The van der Waals surface area contributed by atoms with Gasteiger partial charge in [-0.05, 0) is 30.7 Å². The Morgan fingerprint density at radius 2 is 1.79 bits per heavy atom. The van der Waals surface area contributed by atoms with Crippen LogP contribution in [-0.2, 0) is 29.1 Å². The third kappa shape index (κ3) is 10.9. The smallest absolute Gasteiger partial charge is 0.410 e. The van der Waals surface area contributed by atoms with Crippen LogP contribution in [0.3, 0.4) is 0 Å². The highest BCUT2D eigenvalue weighted by Gasteiger charge is 2.26. The number of nitrogens with one attached hydrogen (secondary N) is 2. The number of urea groups is 1. The molecule has 12 heteroatoms. The molecule has 2 atom stereocenters. The van der Waals surface area contributed by atoms with Crippen molar-refractivity contribution in [3.63, 3.8) is 0 Å². The van der Waals surface area contributed by atoms with Crippen molar-refractivity contribution in [3.05, 3.63) is 68.6 Å². The van der Waals surface area contributed by atoms with Crippen LogP contribution in [0, 0.1) is 5.92 Å². The van der Waals surface area contributed by atoms with Gasteiger partial charge in [-0.1, -0.05) is 58.0 Å². The van der Waals surface area contributed by atoms with Crippen LogP contribution in [0.5, 0.6) is 0 Å². The number of hydrogen-bond donors (Lipinski definition) is 2. The molecule has 0 saturated heterocycles. The van der Waals surface area contributed by atoms with E-state index in [9.17, 15) is 14.4 Å². The third-order valence-electron chi connectivity index (χ3n) is 7.02. The minimum Gasteiger partial charge on any atom is -0.444 e. The van der Waals surface area contributed by atoms with E-state index in [0.717, 1.165) is 21.1 Å². The largest absolute Gasteiger partial charge is 0.444 e. The Hall–Kier alpha value is -3.51. The summed E-state index contributed by atoms with van der Waals surface area (Å²) in [5.74, 6) is 0.00259. The van der Waals surface area contributed by atoms with E-state index in [1.807, 2.05) is 49.6 Å². The molecule has 0 aliphatic rings. The lowest BCUT2D eigenvalue weighted by atomic mass is 10.0. The van der Waals surface area contributed by atoms with Gasteiger partial charge in [-0.25, -0.2) is 14.6 Å². The SMILES string of the molecule is CC(C)c1nc(CN(C)C(=O)N[C@H](C(=O)NCCC[C@H](Cc2ccccc2)N(C)C(=O)OCc2cncs2)C(C)C)cs1. The summed E-state index contributed by atoms with van der Waals surface area (Å²) in [6.07, 6.45) is 3.26. The Labute approximate surface area is 262 Å². The molecule has 3 rings (SSSR count). The standard InChI is InChI=1S/C31H44N6O4S2/c1-21(2)27(35-30(39)36(5)17-24-19-42-29(34-24)22(3)4)28(38)33-14-10-13-25(15-23-11-8-7-9-12-23)37(6)31(40)41-18-26-16-32-20-43-26/h7-9,11-12,16,19-22,25,27H,10,13-15,17-18H2,1-6H3,(H,33,38)(H,35,39)/t25-,27+/m1/s1. The number of carbonyl (C=O) groups excluding carboxylic acids is 3. The second-order valence-electron chi connectivity index (χ2n) is 11.3. The molecule has 0 saturated carbocycles. The van der Waals surface area contributed by atoms with Crippen LogP contribution in [0.2, 0.25) is 0 Å². The first kappa shape index (κ1) is 34.0. The molecule has 10 nitrogen and oxygen atoms in total. The predicted molar refractivity (Wildman–Crippen MR) is 171 cm³/mol. The Morgan fingerprint density at radius 3 is 2.42 bits per heavy atom. The fraction of sp³-hybridized carbons (Fsp3) is 0.516. The number of thiazole rings is 2. The number of benzene rings is 1. The van der Waals surface area contributed by atoms with Crippen molar-refractivity contribution < 1.29 is 19.1 Å². The summed E-state index contributed by atoms with van der Waals surface area (Å²) >= 11 is 3.03. The van der Waals surface area contributed by atoms with Crippen LogP contribution >= 0.6 is 22.7 Å². The average Bonchev–Trinajstić information content (AvgIpc) is 3.68. The van der Waals surface area contributed by atoms with Crippen LogP contribution in [0.4, 0.5) is 9.59 Å². The molecule has 2 N–H and O–H groups in total. The van der Waals surface area contributed by atoms with E-state index < -0.39 is 12.1 Å². The van der Waals surface area contributed by atoms with Crippen molar-refractivity contribution in [2.45, 2.75) is 78.1 Å². The summed E-state index contributed by atoms with van der Waals surface area (Å²) in [4.78, 5) is 51.6. The lowest BCUT2D eigenvalue weighted by Crippen LogP contribution is -2.52. The highest BCUT2D eigenvalue weighted by atomic mass is 32.1. The molecule has 0 aliphatic heterocycles. The molecule has 0 fully saturated rings. The Bertz CT molecular complexity index is 1280. The lowest BCUT2D eigenvalue weighted by molar-refractivity contribution is -0.123. The van der Waals surface area contributed by atoms with Crippen LogP contribution in [0.15, 0.2) is 47.4 Å². The molecule has 0 bridgehead atoms. The Kier molecular flexibility index (Phi) is 13.4. The topological polar surface area (TPSA) is 117 Å². The van der Waals surface area contributed by atoms with Crippen molar-refractivity contribution >= 4 is 40.7 Å². The van der Waals surface area contributed by atoms with Crippen molar-refractivity contribution in [1.82, 2.24) is 30.4 Å². The Balaban J connectivity index is 1.51. The first-order valence-electron chi connectivity index (χ1n) is 14.6. The number of ether oxygens (including phenoxy) is 1. The minimum atomic E-state index is -0.680. The zero-order valence-electron chi connectivity index (χ0n) is 25.9. The monoisotopic (exact) mass is 628 g/mol. The van der Waals surface area contributed by atoms with Crippen LogP contribution < -0.4 is 10.6 Å². The highest BCUT2D eigenvalue weighted by Crippen LogP contribution is 2.20. The van der Waals surface area contributed by atoms with Crippen molar-refractivity contribution in [2.75, 3.05) is 20.6 Å². The van der Waals surface area contributed by atoms with Gasteiger partial charge in [0.05, 0.1) is 27.6 Å². The highest BCUT2D eigenvalue weighted by molar-refractivity contribution is 7.09. The second-order valence-corrected chi connectivity index (χ2v) is 13.1. The summed E-state index contributed by atoms with van der Waals surface area (Å²) in [5, 5.41) is 8.87. The van der Waals surface area contributed by atoms with Gasteiger partial charge in [0.15, 0.2) is 0 Å². The molecule has 2 heterocycles. The molecule has 4 amide bonds. The summed E-state index contributed by atoms with van der Waals surface area (Å²) < 4.78 is 5.51. The number of likely N-dealkylation sites (N-methyl/N-ethyl adjacent to an activating group) is 1. The molecular weight excluding hydrogens is 585 g/mol. The van der Waals surface area contributed by atoms with Crippen molar-refractivity contribution in [3.8, 4) is 0 Å². The van der Waals surface area contributed by atoms with Gasteiger partial charge >= 0.3 is 12.1 Å². The maximum absolute atomic E-state index is 13.1. The number of carbonyl (C=O) groups is 3. The molecule has 0 aliphatic carbocycles. The molecule has 0 radical (unpaired) electrons. The van der Waals surface area contributed by atoms with E-state index in [-0.39, 0.29) is 30.5 Å². The zero-order chi connectivity index (χ0) is 31.4. The van der Waals surface area contributed by atoms with Gasteiger partial charge in [0.2, 0.25) is 5.91 Å². The summed E-state index contributed by atoms with van der Waals surface area (Å²) in [5.41, 5.74) is 3.65. The van der Waals surface area contributed by atoms with E-state index >= 15 is 0 Å². The normalized spacial score (nSPS) is 12.6. The van der Waals surface area contributed by atoms with Gasteiger partial charge in [-0.2, -0.15) is 0 Å². The molecule has 0 spiro atoms. The number of amides is 4. The number of rotatable bonds is 15. The van der Waals surface area contributed by atoms with Crippen LogP contribution in [0.1, 0.15) is 67.6 Å². The number of hydrogen-bond acceptors (Lipinski definition) is 8. The summed E-state index contributed by atoms with van der Waals surface area (Å²) in [7, 11) is 3.45. The van der Waals surface area contributed by atoms with E-state index in [4.69, 9.17) is 4.74 Å². The van der Waals surface area contributed by atoms with Crippen LogP contribution in [0.25, 0.3) is 0 Å². The second kappa shape index (κ2) is 17.0. The van der Waals surface area contributed by atoms with Crippen LogP contribution in [-0.4, -0.2) is 70.5 Å². The molecule has 0 unspecified atom stereocenters. The molecular formula is C31H44N6O4S2. The molecule has 3 aromatic rings. The molecule has 43 heavy (non-hydrogen) atoms. The third-order valence-corrected chi connectivity index (χ3v) is 8.97. The summed E-state index contributed by atoms with van der Waals surface area (Å²) in [6, 6.07) is 8.87. The number of nitrogens with zero attached hydrogens (tertiary/aromatic N) is 4. The predicted octanol–water partition coefficient (Wildman–Crippen LogP) is 5.67. The van der Waals surface area contributed by atoms with Crippen molar-refractivity contribution in [1.29, 1.82) is 0 Å². The number of aromatic nitrogens is 2. The Morgan fingerprint density at radius 1 is 1.05 bits per heavy atom. The molecule has 2 aromatic heterocycles. The van der Waals surface area contributed by atoms with E-state index in [0.29, 0.717) is 38.3 Å². The molecule has 234 valence electrons. The van der Waals surface area contributed by atoms with Gasteiger partial charge in [0.1, 0.15) is 12.6 Å². The average molecular weight is 629 g/mol. The maximum Gasteiger partial charge on any atom is 0.410 e. The minimum absolute atomic E-state index is 0.102. The lowest BCUT2D eigenvalue weighted by Gasteiger charge is -2.28. The first-order chi connectivity index (χ1) is 20.5.